The molecule has 164 valence electrons. The average molecular weight is 443 g/mol. The third-order valence-corrected chi connectivity index (χ3v) is 6.35. The number of rotatable bonds is 5. The fourth-order valence-corrected chi connectivity index (χ4v) is 3.97. The van der Waals surface area contributed by atoms with E-state index in [4.69, 9.17) is 5.14 Å². The monoisotopic (exact) mass is 442 g/mol. The summed E-state index contributed by atoms with van der Waals surface area (Å²) in [6, 6.07) is 11.5. The van der Waals surface area contributed by atoms with Crippen LogP contribution in [0, 0.1) is 13.8 Å². The molecule has 8 nitrogen and oxygen atoms in total. The van der Waals surface area contributed by atoms with Crippen LogP contribution in [-0.4, -0.2) is 37.9 Å². The molecule has 1 unspecified atom stereocenters. The first-order chi connectivity index (χ1) is 14.5. The van der Waals surface area contributed by atoms with Crippen molar-refractivity contribution in [3.05, 3.63) is 59.2 Å². The van der Waals surface area contributed by atoms with Crippen molar-refractivity contribution in [1.29, 1.82) is 0 Å². The number of amides is 2. The molecule has 0 saturated heterocycles. The Labute approximate surface area is 182 Å². The molecule has 1 atom stereocenters. The Bertz CT molecular complexity index is 1170. The van der Waals surface area contributed by atoms with Gasteiger partial charge in [-0.15, -0.1) is 0 Å². The van der Waals surface area contributed by atoms with E-state index in [-0.39, 0.29) is 35.3 Å². The second-order valence-electron chi connectivity index (χ2n) is 7.75. The van der Waals surface area contributed by atoms with Crippen molar-refractivity contribution in [2.45, 2.75) is 44.6 Å². The van der Waals surface area contributed by atoms with Gasteiger partial charge in [-0.2, -0.15) is 5.10 Å². The van der Waals surface area contributed by atoms with Crippen molar-refractivity contribution >= 4 is 33.2 Å². The summed E-state index contributed by atoms with van der Waals surface area (Å²) in [7, 11) is -2.23. The van der Waals surface area contributed by atoms with Gasteiger partial charge in [0.15, 0.2) is 0 Å². The van der Waals surface area contributed by atoms with Gasteiger partial charge in [0.2, 0.25) is 15.9 Å². The van der Waals surface area contributed by atoms with Crippen LogP contribution in [0.2, 0.25) is 0 Å². The molecule has 2 N–H and O–H groups in total. The van der Waals surface area contributed by atoms with Crippen molar-refractivity contribution in [2.75, 3.05) is 12.1 Å². The molecular weight excluding hydrogens is 416 g/mol. The summed E-state index contributed by atoms with van der Waals surface area (Å²) >= 11 is 0. The highest BCUT2D eigenvalue weighted by atomic mass is 32.2. The molecular formula is C22H26N4O4S. The normalized spacial score (nSPS) is 15.5. The van der Waals surface area contributed by atoms with Crippen LogP contribution < -0.4 is 10.1 Å². The second kappa shape index (κ2) is 8.60. The van der Waals surface area contributed by atoms with Crippen molar-refractivity contribution < 1.29 is 18.0 Å². The molecule has 2 amide bonds. The van der Waals surface area contributed by atoms with Crippen LogP contribution in [-0.2, 0) is 19.6 Å². The molecule has 2 aromatic carbocycles. The summed E-state index contributed by atoms with van der Waals surface area (Å²) in [6.45, 7) is 5.61. The first kappa shape index (κ1) is 22.6. The van der Waals surface area contributed by atoms with Crippen LogP contribution in [0.4, 0.5) is 5.69 Å². The summed E-state index contributed by atoms with van der Waals surface area (Å²) in [5.41, 5.74) is 3.44. The average Bonchev–Trinajstić information content (AvgIpc) is 2.74. The smallest absolute Gasteiger partial charge is 0.270 e. The lowest BCUT2D eigenvalue weighted by atomic mass is 10.1. The maximum atomic E-state index is 13.1. The maximum absolute atomic E-state index is 13.1. The lowest BCUT2D eigenvalue weighted by Gasteiger charge is -2.29. The van der Waals surface area contributed by atoms with Gasteiger partial charge in [0.25, 0.3) is 5.91 Å². The summed E-state index contributed by atoms with van der Waals surface area (Å²) in [5, 5.41) is 10.9. The highest BCUT2D eigenvalue weighted by molar-refractivity contribution is 7.89. The van der Waals surface area contributed by atoms with Gasteiger partial charge < -0.3 is 4.90 Å². The molecule has 0 spiro atoms. The number of carbonyl (C=O) groups excluding carboxylic acids is 2. The highest BCUT2D eigenvalue weighted by Gasteiger charge is 2.30. The number of hydrazone groups is 1. The first-order valence-corrected chi connectivity index (χ1v) is 11.4. The minimum absolute atomic E-state index is 0.0144. The molecule has 0 saturated carbocycles. The fourth-order valence-electron chi connectivity index (χ4n) is 3.40. The first-order valence-electron chi connectivity index (χ1n) is 9.86. The van der Waals surface area contributed by atoms with Crippen LogP contribution in [0.25, 0.3) is 0 Å². The van der Waals surface area contributed by atoms with E-state index < -0.39 is 16.1 Å². The van der Waals surface area contributed by atoms with Gasteiger partial charge >= 0.3 is 0 Å². The minimum Gasteiger partial charge on any atom is -0.334 e. The molecule has 3 rings (SSSR count). The predicted molar refractivity (Wildman–Crippen MR) is 119 cm³/mol. The van der Waals surface area contributed by atoms with Crippen molar-refractivity contribution in [3.63, 3.8) is 0 Å². The van der Waals surface area contributed by atoms with Crippen molar-refractivity contribution in [3.8, 4) is 0 Å². The van der Waals surface area contributed by atoms with Crippen LogP contribution in [0.5, 0.6) is 0 Å². The Morgan fingerprint density at radius 2 is 1.87 bits per heavy atom. The largest absolute Gasteiger partial charge is 0.334 e. The number of nitrogens with zero attached hydrogens (tertiary/aromatic N) is 3. The summed E-state index contributed by atoms with van der Waals surface area (Å²) < 4.78 is 23.3. The van der Waals surface area contributed by atoms with E-state index in [0.717, 1.165) is 11.1 Å². The quantitative estimate of drug-likeness (QED) is 0.767. The zero-order valence-electron chi connectivity index (χ0n) is 18.0. The van der Waals surface area contributed by atoms with E-state index in [2.05, 4.69) is 5.10 Å². The van der Waals surface area contributed by atoms with Crippen molar-refractivity contribution in [2.24, 2.45) is 10.2 Å². The molecule has 0 bridgehead atoms. The van der Waals surface area contributed by atoms with E-state index in [0.29, 0.717) is 11.3 Å². The maximum Gasteiger partial charge on any atom is 0.270 e. The number of carbonyl (C=O) groups is 2. The third-order valence-electron chi connectivity index (χ3n) is 5.44. The molecule has 1 aliphatic rings. The standard InChI is InChI=1S/C22H26N4O4S/c1-14-8-9-15(2)20(12-14)26-21(27)11-10-19(24-26)22(28)25(4)16(3)17-6-5-7-18(13-17)31(23,29)30/h5-9,12-13,16H,10-11H2,1-4H3,(H2,23,29,30). The Morgan fingerprint density at radius 1 is 1.16 bits per heavy atom. The topological polar surface area (TPSA) is 113 Å². The molecule has 0 radical (unpaired) electrons. The van der Waals surface area contributed by atoms with E-state index >= 15 is 0 Å². The highest BCUT2D eigenvalue weighted by Crippen LogP contribution is 2.27. The lowest BCUT2D eigenvalue weighted by molar-refractivity contribution is -0.125. The zero-order valence-corrected chi connectivity index (χ0v) is 18.8. The van der Waals surface area contributed by atoms with Crippen LogP contribution in [0.1, 0.15) is 42.5 Å². The Hall–Kier alpha value is -3.04. The Balaban J connectivity index is 1.89. The van der Waals surface area contributed by atoms with Gasteiger partial charge in [-0.05, 0) is 55.7 Å². The van der Waals surface area contributed by atoms with Gasteiger partial charge in [-0.25, -0.2) is 18.6 Å². The Kier molecular flexibility index (Phi) is 6.28. The predicted octanol–water partition coefficient (Wildman–Crippen LogP) is 2.65. The second-order valence-corrected chi connectivity index (χ2v) is 9.31. The zero-order chi connectivity index (χ0) is 22.9. The number of primary sulfonamides is 1. The van der Waals surface area contributed by atoms with Crippen molar-refractivity contribution in [1.82, 2.24) is 4.90 Å². The molecule has 0 fully saturated rings. The Morgan fingerprint density at radius 3 is 2.55 bits per heavy atom. The molecule has 0 aliphatic carbocycles. The summed E-state index contributed by atoms with van der Waals surface area (Å²) in [5.74, 6) is -0.488. The van der Waals surface area contributed by atoms with Gasteiger partial charge in [0.1, 0.15) is 5.71 Å². The van der Waals surface area contributed by atoms with Gasteiger partial charge in [-0.1, -0.05) is 24.3 Å². The van der Waals surface area contributed by atoms with E-state index in [1.807, 2.05) is 32.0 Å². The van der Waals surface area contributed by atoms with E-state index in [1.54, 1.807) is 26.1 Å². The molecule has 2 aromatic rings. The number of aryl methyl sites for hydroxylation is 2. The molecule has 1 aliphatic heterocycles. The SMILES string of the molecule is Cc1ccc(C)c(N2N=C(C(=O)N(C)C(C)c3cccc(S(N)(=O)=O)c3)CCC2=O)c1. The van der Waals surface area contributed by atoms with E-state index in [1.165, 1.54) is 22.0 Å². The van der Waals surface area contributed by atoms with Crippen LogP contribution in [0.3, 0.4) is 0 Å². The number of nitrogens with two attached hydrogens (primary N) is 1. The fraction of sp³-hybridized carbons (Fsp3) is 0.318. The van der Waals surface area contributed by atoms with E-state index in [9.17, 15) is 18.0 Å². The molecule has 31 heavy (non-hydrogen) atoms. The number of hydrogen-bond acceptors (Lipinski definition) is 5. The number of anilines is 1. The molecule has 1 heterocycles. The number of sulfonamides is 1. The van der Waals surface area contributed by atoms with Gasteiger partial charge in [0, 0.05) is 19.9 Å². The summed E-state index contributed by atoms with van der Waals surface area (Å²) in [4.78, 5) is 27.1. The molecule has 0 aromatic heterocycles. The van der Waals surface area contributed by atoms with Crippen LogP contribution in [0.15, 0.2) is 52.5 Å². The van der Waals surface area contributed by atoms with Gasteiger partial charge in [0.05, 0.1) is 16.6 Å². The third kappa shape index (κ3) is 4.83. The van der Waals surface area contributed by atoms with Crippen LogP contribution >= 0.6 is 0 Å². The minimum atomic E-state index is -3.85. The number of hydrogen-bond donors (Lipinski definition) is 1. The lowest BCUT2D eigenvalue weighted by Crippen LogP contribution is -2.41. The number of benzene rings is 2. The molecule has 9 heteroatoms. The summed E-state index contributed by atoms with van der Waals surface area (Å²) in [6.07, 6.45) is 0.425. The van der Waals surface area contributed by atoms with Gasteiger partial charge in [-0.3, -0.25) is 9.59 Å².